The van der Waals surface area contributed by atoms with Crippen molar-refractivity contribution in [2.75, 3.05) is 14.1 Å². The fraction of sp³-hybridized carbons (Fsp3) is 0.615. The van der Waals surface area contributed by atoms with Crippen LogP contribution in [0.1, 0.15) is 35.9 Å². The van der Waals surface area contributed by atoms with Crippen molar-refractivity contribution in [2.45, 2.75) is 38.8 Å². The molecule has 0 radical (unpaired) electrons. The second kappa shape index (κ2) is 4.53. The van der Waals surface area contributed by atoms with Crippen molar-refractivity contribution in [3.8, 4) is 0 Å². The first-order chi connectivity index (χ1) is 8.00. The maximum Gasteiger partial charge on any atom is 0.241 e. The number of carbonyl (C=O) groups excluding carboxylic acids is 1. The lowest BCUT2D eigenvalue weighted by Crippen LogP contribution is -2.27. The molecule has 0 fully saturated rings. The Hall–Kier alpha value is -1.29. The molecule has 0 aromatic carbocycles. The molecule has 1 aromatic rings. The maximum atomic E-state index is 11.8. The van der Waals surface area contributed by atoms with E-state index in [4.69, 9.17) is 0 Å². The highest BCUT2D eigenvalue weighted by Crippen LogP contribution is 2.32. The van der Waals surface area contributed by atoms with Crippen molar-refractivity contribution in [3.63, 3.8) is 0 Å². The molecular formula is C13H20N2O2. The minimum atomic E-state index is -0.354. The second-order valence-corrected chi connectivity index (χ2v) is 4.97. The van der Waals surface area contributed by atoms with E-state index in [0.29, 0.717) is 6.54 Å². The van der Waals surface area contributed by atoms with E-state index in [1.807, 2.05) is 17.6 Å². The Kier molecular flexibility index (Phi) is 3.24. The van der Waals surface area contributed by atoms with Crippen molar-refractivity contribution < 1.29 is 9.90 Å². The van der Waals surface area contributed by atoms with Gasteiger partial charge in [0.25, 0.3) is 0 Å². The fourth-order valence-corrected chi connectivity index (χ4v) is 2.44. The van der Waals surface area contributed by atoms with Gasteiger partial charge in [-0.05, 0) is 32.3 Å². The zero-order valence-electron chi connectivity index (χ0n) is 10.7. The van der Waals surface area contributed by atoms with Gasteiger partial charge in [-0.15, -0.1) is 0 Å². The summed E-state index contributed by atoms with van der Waals surface area (Å²) in [4.78, 5) is 13.4. The van der Waals surface area contributed by atoms with Gasteiger partial charge >= 0.3 is 0 Å². The molecule has 17 heavy (non-hydrogen) atoms. The molecule has 1 aliphatic rings. The summed E-state index contributed by atoms with van der Waals surface area (Å²) < 4.78 is 2.04. The quantitative estimate of drug-likeness (QED) is 0.840. The molecule has 0 saturated heterocycles. The molecular weight excluding hydrogens is 216 g/mol. The third-order valence-electron chi connectivity index (χ3n) is 3.49. The highest BCUT2D eigenvalue weighted by atomic mass is 16.3. The predicted octanol–water partition coefficient (Wildman–Crippen LogP) is 1.25. The molecule has 1 atom stereocenters. The van der Waals surface area contributed by atoms with Crippen molar-refractivity contribution in [1.82, 2.24) is 9.47 Å². The van der Waals surface area contributed by atoms with Crippen LogP contribution in [0.5, 0.6) is 0 Å². The Labute approximate surface area is 102 Å². The van der Waals surface area contributed by atoms with E-state index in [-0.39, 0.29) is 12.0 Å². The van der Waals surface area contributed by atoms with Crippen LogP contribution in [0.15, 0.2) is 6.07 Å². The van der Waals surface area contributed by atoms with E-state index < -0.39 is 0 Å². The Morgan fingerprint density at radius 1 is 1.59 bits per heavy atom. The van der Waals surface area contributed by atoms with Gasteiger partial charge in [0.05, 0.1) is 6.10 Å². The summed E-state index contributed by atoms with van der Waals surface area (Å²) in [6, 6.07) is 2.02. The van der Waals surface area contributed by atoms with E-state index in [2.05, 4.69) is 0 Å². The standard InChI is InChI=1S/C13H20N2O2/c1-9-7-10-11(5-4-6-12(10)16)15(9)8-13(17)14(2)3/h7,12,16H,4-6,8H2,1-3H3. The number of aliphatic hydroxyl groups excluding tert-OH is 1. The lowest BCUT2D eigenvalue weighted by Gasteiger charge is -2.21. The Bertz CT molecular complexity index is 435. The second-order valence-electron chi connectivity index (χ2n) is 4.97. The number of likely N-dealkylation sites (N-methyl/N-ethyl adjacent to an activating group) is 1. The molecule has 0 bridgehead atoms. The summed E-state index contributed by atoms with van der Waals surface area (Å²) in [5, 5.41) is 9.93. The molecule has 1 aliphatic carbocycles. The fourth-order valence-electron chi connectivity index (χ4n) is 2.44. The number of hydrogen-bond acceptors (Lipinski definition) is 2. The molecule has 1 aromatic heterocycles. The first-order valence-corrected chi connectivity index (χ1v) is 6.08. The molecule has 0 aliphatic heterocycles. The number of rotatable bonds is 2. The van der Waals surface area contributed by atoms with Gasteiger partial charge in [0, 0.05) is 31.0 Å². The van der Waals surface area contributed by atoms with E-state index in [1.54, 1.807) is 19.0 Å². The van der Waals surface area contributed by atoms with Crippen LogP contribution in [0.3, 0.4) is 0 Å². The molecule has 94 valence electrons. The third kappa shape index (κ3) is 2.22. The number of carbonyl (C=O) groups is 1. The van der Waals surface area contributed by atoms with Gasteiger partial charge in [0.15, 0.2) is 0 Å². The van der Waals surface area contributed by atoms with Crippen LogP contribution in [0.2, 0.25) is 0 Å². The van der Waals surface area contributed by atoms with Gasteiger partial charge in [0.1, 0.15) is 6.54 Å². The number of aromatic nitrogens is 1. The smallest absolute Gasteiger partial charge is 0.241 e. The van der Waals surface area contributed by atoms with E-state index >= 15 is 0 Å². The molecule has 1 heterocycles. The topological polar surface area (TPSA) is 45.5 Å². The average molecular weight is 236 g/mol. The number of aryl methyl sites for hydroxylation is 1. The lowest BCUT2D eigenvalue weighted by atomic mass is 9.95. The number of aliphatic hydroxyl groups is 1. The van der Waals surface area contributed by atoms with Gasteiger partial charge in [-0.25, -0.2) is 0 Å². The summed E-state index contributed by atoms with van der Waals surface area (Å²) in [6.45, 7) is 2.37. The first kappa shape index (κ1) is 12.2. The van der Waals surface area contributed by atoms with Crippen molar-refractivity contribution in [2.24, 2.45) is 0 Å². The molecule has 1 N–H and O–H groups in total. The van der Waals surface area contributed by atoms with Gasteiger partial charge in [-0.2, -0.15) is 0 Å². The largest absolute Gasteiger partial charge is 0.388 e. The van der Waals surface area contributed by atoms with Crippen LogP contribution in [0, 0.1) is 6.92 Å². The van der Waals surface area contributed by atoms with Crippen LogP contribution in [-0.2, 0) is 17.8 Å². The molecule has 1 amide bonds. The SMILES string of the molecule is Cc1cc2c(n1CC(=O)N(C)C)CCCC2O. The van der Waals surface area contributed by atoms with Crippen molar-refractivity contribution in [1.29, 1.82) is 0 Å². The van der Waals surface area contributed by atoms with Gasteiger partial charge in [-0.1, -0.05) is 0 Å². The minimum Gasteiger partial charge on any atom is -0.388 e. The summed E-state index contributed by atoms with van der Waals surface area (Å²) in [7, 11) is 3.53. The van der Waals surface area contributed by atoms with Gasteiger partial charge in [0.2, 0.25) is 5.91 Å². The molecule has 0 spiro atoms. The number of nitrogens with zero attached hydrogens (tertiary/aromatic N) is 2. The summed E-state index contributed by atoms with van der Waals surface area (Å²) in [5.74, 6) is 0.0894. The molecule has 4 nitrogen and oxygen atoms in total. The highest BCUT2D eigenvalue weighted by molar-refractivity contribution is 5.75. The zero-order chi connectivity index (χ0) is 12.6. The van der Waals surface area contributed by atoms with Crippen molar-refractivity contribution >= 4 is 5.91 Å². The highest BCUT2D eigenvalue weighted by Gasteiger charge is 2.23. The number of amides is 1. The lowest BCUT2D eigenvalue weighted by molar-refractivity contribution is -0.129. The van der Waals surface area contributed by atoms with Crippen molar-refractivity contribution in [3.05, 3.63) is 23.0 Å². The summed E-state index contributed by atoms with van der Waals surface area (Å²) in [5.41, 5.74) is 3.21. The molecule has 1 unspecified atom stereocenters. The maximum absolute atomic E-state index is 11.8. The van der Waals surface area contributed by atoms with Crippen LogP contribution in [-0.4, -0.2) is 34.6 Å². The number of hydrogen-bond donors (Lipinski definition) is 1. The zero-order valence-corrected chi connectivity index (χ0v) is 10.7. The molecule has 4 heteroatoms. The molecule has 0 saturated carbocycles. The normalized spacial score (nSPS) is 18.9. The van der Waals surface area contributed by atoms with Crippen LogP contribution in [0.25, 0.3) is 0 Å². The monoisotopic (exact) mass is 236 g/mol. The number of fused-ring (bicyclic) bond motifs is 1. The summed E-state index contributed by atoms with van der Waals surface area (Å²) >= 11 is 0. The molecule has 2 rings (SSSR count). The summed E-state index contributed by atoms with van der Waals surface area (Å²) in [6.07, 6.45) is 2.43. The third-order valence-corrected chi connectivity index (χ3v) is 3.49. The average Bonchev–Trinajstić information content (AvgIpc) is 2.58. The predicted molar refractivity (Wildman–Crippen MR) is 65.8 cm³/mol. The van der Waals surface area contributed by atoms with Crippen LogP contribution in [0.4, 0.5) is 0 Å². The van der Waals surface area contributed by atoms with E-state index in [9.17, 15) is 9.90 Å². The minimum absolute atomic E-state index is 0.0894. The van der Waals surface area contributed by atoms with Crippen LogP contribution < -0.4 is 0 Å². The van der Waals surface area contributed by atoms with Gasteiger partial charge < -0.3 is 14.6 Å². The van der Waals surface area contributed by atoms with E-state index in [1.165, 1.54) is 0 Å². The Morgan fingerprint density at radius 3 is 2.94 bits per heavy atom. The van der Waals surface area contributed by atoms with E-state index in [0.717, 1.165) is 36.2 Å². The van der Waals surface area contributed by atoms with Gasteiger partial charge in [-0.3, -0.25) is 4.79 Å². The van der Waals surface area contributed by atoms with Crippen LogP contribution >= 0.6 is 0 Å². The Morgan fingerprint density at radius 2 is 2.29 bits per heavy atom. The first-order valence-electron chi connectivity index (χ1n) is 6.08. The Balaban J connectivity index is 2.31.